The van der Waals surface area contributed by atoms with Crippen molar-refractivity contribution < 1.29 is 4.39 Å². The quantitative estimate of drug-likeness (QED) is 0.740. The molecule has 0 aliphatic heterocycles. The van der Waals surface area contributed by atoms with Gasteiger partial charge in [0.25, 0.3) is 0 Å². The fourth-order valence-corrected chi connectivity index (χ4v) is 2.82. The first-order chi connectivity index (χ1) is 9.87. The highest BCUT2D eigenvalue weighted by Gasteiger charge is 2.39. The number of nitrogens with zero attached hydrogens (tertiary/aromatic N) is 1. The molecule has 0 aliphatic carbocycles. The summed E-state index contributed by atoms with van der Waals surface area (Å²) in [6.07, 6.45) is 3.73. The highest BCUT2D eigenvalue weighted by Crippen LogP contribution is 2.33. The summed E-state index contributed by atoms with van der Waals surface area (Å²) in [5.74, 6) is -0.0401. The number of nitrogens with two attached hydrogens (primary N) is 1. The molecule has 0 spiro atoms. The third-order valence-electron chi connectivity index (χ3n) is 4.27. The van der Waals surface area contributed by atoms with E-state index in [-0.39, 0.29) is 17.8 Å². The van der Waals surface area contributed by atoms with E-state index in [1.165, 1.54) is 12.1 Å². The van der Waals surface area contributed by atoms with Crippen LogP contribution in [0.1, 0.15) is 26.3 Å². The van der Waals surface area contributed by atoms with E-state index in [1.54, 1.807) is 12.1 Å². The first kappa shape index (κ1) is 17.6. The largest absolute Gasteiger partial charge is 0.320 e. The Morgan fingerprint density at radius 2 is 1.62 bits per heavy atom. The van der Waals surface area contributed by atoms with Crippen molar-refractivity contribution in [2.45, 2.75) is 32.4 Å². The molecule has 0 bridgehead atoms. The van der Waals surface area contributed by atoms with Crippen LogP contribution < -0.4 is 5.73 Å². The van der Waals surface area contributed by atoms with Gasteiger partial charge >= 0.3 is 0 Å². The van der Waals surface area contributed by atoms with Gasteiger partial charge in [-0.25, -0.2) is 4.39 Å². The number of hydrogen-bond donors (Lipinski definition) is 1. The van der Waals surface area contributed by atoms with Gasteiger partial charge in [-0.05, 0) is 30.5 Å². The topological polar surface area (TPSA) is 29.3 Å². The van der Waals surface area contributed by atoms with Crippen LogP contribution in [0.2, 0.25) is 0 Å². The molecular weight excluding hydrogens is 263 g/mol. The monoisotopic (exact) mass is 290 g/mol. The summed E-state index contributed by atoms with van der Waals surface area (Å²) in [5, 5.41) is 0. The zero-order valence-corrected chi connectivity index (χ0v) is 13.3. The summed E-state index contributed by atoms with van der Waals surface area (Å²) in [6, 6.07) is 6.57. The van der Waals surface area contributed by atoms with E-state index in [1.807, 2.05) is 12.2 Å². The van der Waals surface area contributed by atoms with Crippen LogP contribution in [0.4, 0.5) is 4.39 Å². The zero-order chi connectivity index (χ0) is 16.0. The lowest BCUT2D eigenvalue weighted by molar-refractivity contribution is 0.121. The van der Waals surface area contributed by atoms with Crippen LogP contribution in [-0.2, 0) is 5.54 Å². The molecule has 1 rings (SSSR count). The Labute approximate surface area is 128 Å². The summed E-state index contributed by atoms with van der Waals surface area (Å²) < 4.78 is 13.2. The maximum absolute atomic E-state index is 13.2. The van der Waals surface area contributed by atoms with Gasteiger partial charge in [0.2, 0.25) is 0 Å². The Morgan fingerprint density at radius 3 is 2.00 bits per heavy atom. The minimum atomic E-state index is -0.570. The molecule has 1 aromatic carbocycles. The average molecular weight is 290 g/mol. The number of hydrogen-bond acceptors (Lipinski definition) is 2. The Hall–Kier alpha value is -1.45. The fraction of sp³-hybridized carbons (Fsp3) is 0.444. The molecule has 0 fully saturated rings. The summed E-state index contributed by atoms with van der Waals surface area (Å²) in [7, 11) is 0. The molecule has 2 atom stereocenters. The van der Waals surface area contributed by atoms with Gasteiger partial charge in [-0.1, -0.05) is 38.1 Å². The Bertz CT molecular complexity index is 457. The van der Waals surface area contributed by atoms with Crippen LogP contribution in [0.5, 0.6) is 0 Å². The maximum atomic E-state index is 13.2. The van der Waals surface area contributed by atoms with Crippen LogP contribution in [0.3, 0.4) is 0 Å². The standard InChI is InChI=1S/C18H27FN2/c1-6-12-21(13-7-2)15(5)18(20,14(3)4)16-8-10-17(19)11-9-16/h6-11,14-15H,1-2,12-13,20H2,3-5H3. The molecule has 0 heterocycles. The van der Waals surface area contributed by atoms with Crippen molar-refractivity contribution >= 4 is 0 Å². The van der Waals surface area contributed by atoms with Gasteiger partial charge in [0.05, 0.1) is 5.54 Å². The van der Waals surface area contributed by atoms with Crippen LogP contribution in [0.15, 0.2) is 49.6 Å². The van der Waals surface area contributed by atoms with Crippen molar-refractivity contribution in [2.75, 3.05) is 13.1 Å². The van der Waals surface area contributed by atoms with Crippen LogP contribution in [-0.4, -0.2) is 24.0 Å². The smallest absolute Gasteiger partial charge is 0.123 e. The van der Waals surface area contributed by atoms with E-state index >= 15 is 0 Å². The highest BCUT2D eigenvalue weighted by molar-refractivity contribution is 5.27. The maximum Gasteiger partial charge on any atom is 0.123 e. The van der Waals surface area contributed by atoms with Gasteiger partial charge < -0.3 is 5.73 Å². The molecule has 0 saturated heterocycles. The van der Waals surface area contributed by atoms with Gasteiger partial charge in [0.1, 0.15) is 5.82 Å². The summed E-state index contributed by atoms with van der Waals surface area (Å²) >= 11 is 0. The first-order valence-electron chi connectivity index (χ1n) is 7.38. The van der Waals surface area contributed by atoms with Crippen molar-refractivity contribution in [2.24, 2.45) is 11.7 Å². The number of halogens is 1. The van der Waals surface area contributed by atoms with E-state index in [0.717, 1.165) is 18.7 Å². The van der Waals surface area contributed by atoms with E-state index < -0.39 is 5.54 Å². The molecular formula is C18H27FN2. The van der Waals surface area contributed by atoms with E-state index in [0.29, 0.717) is 0 Å². The SMILES string of the molecule is C=CCN(CC=C)C(C)C(N)(c1ccc(F)cc1)C(C)C. The first-order valence-corrected chi connectivity index (χ1v) is 7.38. The average Bonchev–Trinajstić information content (AvgIpc) is 2.46. The molecule has 21 heavy (non-hydrogen) atoms. The predicted octanol–water partition coefficient (Wildman–Crippen LogP) is 3.70. The molecule has 0 amide bonds. The number of benzene rings is 1. The lowest BCUT2D eigenvalue weighted by atomic mass is 9.75. The van der Waals surface area contributed by atoms with E-state index in [2.05, 4.69) is 38.8 Å². The third-order valence-corrected chi connectivity index (χ3v) is 4.27. The van der Waals surface area contributed by atoms with Crippen LogP contribution >= 0.6 is 0 Å². The van der Waals surface area contributed by atoms with Gasteiger partial charge in [0.15, 0.2) is 0 Å². The third kappa shape index (κ3) is 3.80. The van der Waals surface area contributed by atoms with Crippen molar-refractivity contribution in [3.8, 4) is 0 Å². The molecule has 116 valence electrons. The minimum Gasteiger partial charge on any atom is -0.320 e. The van der Waals surface area contributed by atoms with Gasteiger partial charge in [0, 0.05) is 19.1 Å². The Kier molecular flexibility index (Phi) is 6.31. The fourth-order valence-electron chi connectivity index (χ4n) is 2.82. The summed E-state index contributed by atoms with van der Waals surface area (Å²) in [4.78, 5) is 2.23. The summed E-state index contributed by atoms with van der Waals surface area (Å²) in [5.41, 5.74) is 7.16. The summed E-state index contributed by atoms with van der Waals surface area (Å²) in [6.45, 7) is 15.4. The molecule has 0 saturated carbocycles. The van der Waals surface area contributed by atoms with Crippen molar-refractivity contribution in [1.29, 1.82) is 0 Å². The highest BCUT2D eigenvalue weighted by atomic mass is 19.1. The Balaban J connectivity index is 3.21. The molecule has 0 aromatic heterocycles. The van der Waals surface area contributed by atoms with Crippen molar-refractivity contribution in [3.05, 3.63) is 61.0 Å². The lowest BCUT2D eigenvalue weighted by Crippen LogP contribution is -2.57. The van der Waals surface area contributed by atoms with Crippen LogP contribution in [0, 0.1) is 11.7 Å². The van der Waals surface area contributed by atoms with Crippen LogP contribution in [0.25, 0.3) is 0 Å². The number of rotatable bonds is 8. The minimum absolute atomic E-state index is 0.0685. The molecule has 2 unspecified atom stereocenters. The lowest BCUT2D eigenvalue weighted by Gasteiger charge is -2.45. The molecule has 2 nitrogen and oxygen atoms in total. The Morgan fingerprint density at radius 1 is 1.14 bits per heavy atom. The van der Waals surface area contributed by atoms with Gasteiger partial charge in [-0.2, -0.15) is 0 Å². The molecule has 0 aliphatic rings. The second kappa shape index (κ2) is 7.53. The van der Waals surface area contributed by atoms with Crippen molar-refractivity contribution in [1.82, 2.24) is 4.90 Å². The predicted molar refractivity (Wildman–Crippen MR) is 88.5 cm³/mol. The van der Waals surface area contributed by atoms with Gasteiger partial charge in [-0.3, -0.25) is 4.90 Å². The second-order valence-corrected chi connectivity index (χ2v) is 5.80. The van der Waals surface area contributed by atoms with E-state index in [4.69, 9.17) is 5.73 Å². The zero-order valence-electron chi connectivity index (χ0n) is 13.3. The normalized spacial score (nSPS) is 15.8. The molecule has 1 aromatic rings. The van der Waals surface area contributed by atoms with E-state index in [9.17, 15) is 4.39 Å². The van der Waals surface area contributed by atoms with Gasteiger partial charge in [-0.15, -0.1) is 13.2 Å². The molecule has 2 N–H and O–H groups in total. The second-order valence-electron chi connectivity index (χ2n) is 5.80. The van der Waals surface area contributed by atoms with Crippen molar-refractivity contribution in [3.63, 3.8) is 0 Å². The molecule has 0 radical (unpaired) electrons. The molecule has 3 heteroatoms.